The van der Waals surface area contributed by atoms with E-state index in [9.17, 15) is 35.2 Å². The molecule has 0 radical (unpaired) electrons. The van der Waals surface area contributed by atoms with Gasteiger partial charge in [0, 0.05) is 27.7 Å². The lowest BCUT2D eigenvalue weighted by Gasteiger charge is -2.43. The van der Waals surface area contributed by atoms with Gasteiger partial charge in [-0.2, -0.15) is 0 Å². The first-order valence-electron chi connectivity index (χ1n) is 22.4. The van der Waals surface area contributed by atoms with E-state index in [-0.39, 0.29) is 37.5 Å². The van der Waals surface area contributed by atoms with E-state index in [1.54, 1.807) is 97.1 Å². The zero-order chi connectivity index (χ0) is 47.2. The van der Waals surface area contributed by atoms with E-state index in [0.717, 1.165) is 11.1 Å². The highest BCUT2D eigenvalue weighted by Crippen LogP contribution is 2.36. The summed E-state index contributed by atoms with van der Waals surface area (Å²) in [4.78, 5) is 28.0. The van der Waals surface area contributed by atoms with Crippen molar-refractivity contribution >= 4 is 66.4 Å². The largest absolute Gasteiger partial charge is 0.465 e. The van der Waals surface area contributed by atoms with Crippen molar-refractivity contribution in [1.29, 1.82) is 0 Å². The van der Waals surface area contributed by atoms with Crippen molar-refractivity contribution in [3.8, 4) is 0 Å². The molecule has 0 amide bonds. The molecule has 0 atom stereocenters. The van der Waals surface area contributed by atoms with Gasteiger partial charge >= 0.3 is 5.97 Å². The van der Waals surface area contributed by atoms with E-state index < -0.39 is 48.9 Å². The summed E-state index contributed by atoms with van der Waals surface area (Å²) in [5, 5.41) is -0.137. The third-order valence-corrected chi connectivity index (χ3v) is 18.2. The number of alkyl halides is 2. The van der Waals surface area contributed by atoms with Crippen LogP contribution in [0.2, 0.25) is 10.0 Å². The fraction of sp³-hybridized carbons (Fsp3) is 0.458. The Kier molecular flexibility index (Phi) is 16.5. The van der Waals surface area contributed by atoms with E-state index in [1.165, 1.54) is 15.7 Å². The average molecular weight is 989 g/mol. The van der Waals surface area contributed by atoms with Gasteiger partial charge in [-0.25, -0.2) is 30.4 Å². The molecule has 0 bridgehead atoms. The van der Waals surface area contributed by atoms with Crippen molar-refractivity contribution in [1.82, 2.24) is 9.80 Å². The molecule has 12 nitrogen and oxygen atoms in total. The van der Waals surface area contributed by atoms with Crippen molar-refractivity contribution in [3.05, 3.63) is 129 Å². The topological polar surface area (TPSA) is 151 Å². The molecule has 2 aliphatic heterocycles. The maximum absolute atomic E-state index is 13.8. The summed E-state index contributed by atoms with van der Waals surface area (Å²) in [6.07, 6.45) is 2.79. The second kappa shape index (κ2) is 21.9. The van der Waals surface area contributed by atoms with Crippen molar-refractivity contribution in [2.45, 2.75) is 99.4 Å². The van der Waals surface area contributed by atoms with Gasteiger partial charge in [0.05, 0.1) is 54.2 Å². The van der Waals surface area contributed by atoms with Gasteiger partial charge in [0.1, 0.15) is 12.3 Å². The number of piperidine rings is 2. The van der Waals surface area contributed by atoms with Crippen LogP contribution in [0.3, 0.4) is 0 Å². The number of sulfonamides is 2. The summed E-state index contributed by atoms with van der Waals surface area (Å²) in [7, 11) is -6.06. The number of hydrogen-bond acceptors (Lipinski definition) is 10. The predicted octanol–water partition coefficient (Wildman–Crippen LogP) is 8.21. The number of Topliss-reactive ketones (excluding diaryl/α,β-unsaturated/α-hetero) is 1. The predicted molar refractivity (Wildman–Crippen MR) is 256 cm³/mol. The number of hydrogen-bond donors (Lipinski definition) is 1. The number of ether oxygens (including phenoxy) is 1. The van der Waals surface area contributed by atoms with Crippen molar-refractivity contribution in [2.75, 3.05) is 48.4 Å². The molecule has 0 aromatic heterocycles. The molecule has 66 heavy (non-hydrogen) atoms. The summed E-state index contributed by atoms with van der Waals surface area (Å²) in [6, 6.07) is 27.7. The van der Waals surface area contributed by atoms with E-state index in [2.05, 4.69) is 9.80 Å². The molecule has 4 fully saturated rings. The first-order valence-corrected chi connectivity index (χ1v) is 26.1. The number of ketones is 1. The van der Waals surface area contributed by atoms with Crippen LogP contribution in [0.5, 0.6) is 0 Å². The first-order chi connectivity index (χ1) is 31.5. The monoisotopic (exact) mass is 987 g/mol. The Balaban J connectivity index is 0.000000196. The van der Waals surface area contributed by atoms with Crippen LogP contribution in [0, 0.1) is 0 Å². The molecule has 2 saturated carbocycles. The Morgan fingerprint density at radius 2 is 1.02 bits per heavy atom. The van der Waals surface area contributed by atoms with Crippen molar-refractivity contribution < 1.29 is 39.9 Å². The summed E-state index contributed by atoms with van der Waals surface area (Å²) in [6.45, 7) is 2.79. The van der Waals surface area contributed by atoms with Crippen LogP contribution >= 0.6 is 23.2 Å². The number of rotatable bonds is 15. The van der Waals surface area contributed by atoms with Crippen LogP contribution in [-0.2, 0) is 37.9 Å². The Morgan fingerprint density at radius 1 is 0.636 bits per heavy atom. The second-order valence-electron chi connectivity index (χ2n) is 17.5. The van der Waals surface area contributed by atoms with Gasteiger partial charge in [-0.1, -0.05) is 71.7 Å². The molecule has 4 aromatic rings. The average Bonchev–Trinajstić information content (AvgIpc) is 3.30. The quantitative estimate of drug-likeness (QED) is 0.0912. The highest BCUT2D eigenvalue weighted by Gasteiger charge is 2.41. The van der Waals surface area contributed by atoms with Crippen LogP contribution in [0.4, 0.5) is 20.2 Å². The Morgan fingerprint density at radius 3 is 1.35 bits per heavy atom. The SMILES string of the molecule is COC(=O)c1ccc(CN(c2cccc(Cl)c2)S(=O)(=O)C2CCN(C3CC(F)C3)CC2)cc1.NCC(=O)c1ccc(CN(c2cccc(Cl)c2)S(=O)(=O)C2CCN(C3CC(F)C3)CC2)cc1. The molecular formula is C48H57Cl2F2N5O7S2. The fourth-order valence-corrected chi connectivity index (χ4v) is 13.3. The van der Waals surface area contributed by atoms with Crippen LogP contribution in [0.1, 0.15) is 83.2 Å². The van der Waals surface area contributed by atoms with Crippen molar-refractivity contribution in [3.63, 3.8) is 0 Å². The highest BCUT2D eigenvalue weighted by molar-refractivity contribution is 7.93. The number of esters is 1. The molecular weight excluding hydrogens is 932 g/mol. The zero-order valence-electron chi connectivity index (χ0n) is 36.9. The standard InChI is InChI=1S/C24H29ClFN3O3S.C24H28ClFN2O4S/c25-19-2-1-3-21(12-19)29(16-17-4-6-18(7-5-17)24(30)15-27)33(31,32)23-8-10-28(11-9-23)22-13-20(26)14-22;1-32-24(29)18-7-5-17(6-8-18)16-28(21-4-2-3-19(25)13-21)33(30,31)23-9-11-27(12-10-23)22-14-20(26)15-22/h1-7,12,20,22-23H,8-11,13-16,27H2;2-8,13,20,22-23H,9-12,14-16H2,1H3. The highest BCUT2D eigenvalue weighted by atomic mass is 35.5. The molecule has 18 heteroatoms. The smallest absolute Gasteiger partial charge is 0.337 e. The lowest BCUT2D eigenvalue weighted by molar-refractivity contribution is 0.0423. The molecule has 8 rings (SSSR count). The molecule has 2 heterocycles. The van der Waals surface area contributed by atoms with Gasteiger partial charge in [-0.3, -0.25) is 13.4 Å². The molecule has 356 valence electrons. The lowest BCUT2D eigenvalue weighted by atomic mass is 9.88. The Labute approximate surface area is 397 Å². The van der Waals surface area contributed by atoms with Gasteiger partial charge < -0.3 is 20.3 Å². The Hall–Kier alpha value is -4.16. The number of carbonyl (C=O) groups is 2. The molecule has 2 saturated heterocycles. The molecule has 2 N–H and O–H groups in total. The first kappa shape index (κ1) is 49.7. The number of methoxy groups -OCH3 is 1. The number of anilines is 2. The minimum Gasteiger partial charge on any atom is -0.465 e. The summed E-state index contributed by atoms with van der Waals surface area (Å²) in [5.74, 6) is -0.614. The van der Waals surface area contributed by atoms with Crippen LogP contribution in [0.25, 0.3) is 0 Å². The van der Waals surface area contributed by atoms with E-state index in [0.29, 0.717) is 110 Å². The number of halogens is 4. The molecule has 0 spiro atoms. The van der Waals surface area contributed by atoms with E-state index in [4.69, 9.17) is 33.7 Å². The van der Waals surface area contributed by atoms with Gasteiger partial charge in [0.2, 0.25) is 20.0 Å². The van der Waals surface area contributed by atoms with Crippen LogP contribution < -0.4 is 14.3 Å². The second-order valence-corrected chi connectivity index (χ2v) is 22.6. The lowest BCUT2D eigenvalue weighted by Crippen LogP contribution is -2.52. The van der Waals surface area contributed by atoms with E-state index >= 15 is 0 Å². The number of likely N-dealkylation sites (tertiary alicyclic amines) is 2. The molecule has 4 aliphatic rings. The normalized spacial score (nSPS) is 22.0. The van der Waals surface area contributed by atoms with Gasteiger partial charge in [0.15, 0.2) is 5.78 Å². The van der Waals surface area contributed by atoms with E-state index in [1.807, 2.05) is 0 Å². The summed E-state index contributed by atoms with van der Waals surface area (Å²) in [5.41, 5.74) is 8.83. The molecule has 2 aliphatic carbocycles. The number of nitrogens with two attached hydrogens (primary N) is 1. The van der Waals surface area contributed by atoms with Crippen LogP contribution in [-0.4, -0.2) is 113 Å². The van der Waals surface area contributed by atoms with Gasteiger partial charge in [-0.15, -0.1) is 0 Å². The molecule has 0 unspecified atom stereocenters. The van der Waals surface area contributed by atoms with Gasteiger partial charge in [0.25, 0.3) is 0 Å². The minimum absolute atomic E-state index is 0.0755. The number of carbonyl (C=O) groups excluding carboxylic acids is 2. The Bertz CT molecular complexity index is 2340. The zero-order valence-corrected chi connectivity index (χ0v) is 40.0. The number of nitrogens with zero attached hydrogens (tertiary/aromatic N) is 4. The number of benzene rings is 4. The summed E-state index contributed by atoms with van der Waals surface area (Å²) >= 11 is 12.4. The third-order valence-electron chi connectivity index (χ3n) is 13.2. The van der Waals surface area contributed by atoms with Gasteiger partial charge in [-0.05, 0) is 137 Å². The maximum atomic E-state index is 13.8. The molecule has 4 aromatic carbocycles. The summed E-state index contributed by atoms with van der Waals surface area (Å²) < 4.78 is 89.1. The third kappa shape index (κ3) is 11.9. The minimum atomic E-state index is -3.69. The fourth-order valence-electron chi connectivity index (χ4n) is 9.11. The van der Waals surface area contributed by atoms with Crippen LogP contribution in [0.15, 0.2) is 97.1 Å². The van der Waals surface area contributed by atoms with Crippen molar-refractivity contribution in [2.24, 2.45) is 5.73 Å². The maximum Gasteiger partial charge on any atom is 0.337 e.